The lowest BCUT2D eigenvalue weighted by Crippen LogP contribution is -2.30. The minimum atomic E-state index is -0.120. The zero-order valence-corrected chi connectivity index (χ0v) is 13.0. The van der Waals surface area contributed by atoms with E-state index >= 15 is 0 Å². The highest BCUT2D eigenvalue weighted by Gasteiger charge is 2.22. The number of nitrogens with zero attached hydrogens (tertiary/aromatic N) is 3. The molecule has 5 nitrogen and oxygen atoms in total. The Balaban J connectivity index is 2.65. The minimum absolute atomic E-state index is 0.0779. The average molecular weight is 274 g/mol. The summed E-state index contributed by atoms with van der Waals surface area (Å²) in [5.41, 5.74) is 2.15. The number of fused-ring (bicyclic) bond motifs is 1. The van der Waals surface area contributed by atoms with Gasteiger partial charge in [-0.15, -0.1) is 0 Å². The Labute approximate surface area is 119 Å². The van der Waals surface area contributed by atoms with Crippen LogP contribution >= 0.6 is 0 Å². The van der Waals surface area contributed by atoms with E-state index in [-0.39, 0.29) is 17.4 Å². The smallest absolute Gasteiger partial charge is 0.252 e. The SMILES string of the molecule is CC(C)NC(=O)c1cc(C(C)(C)C)nc2c1cnn2C. The summed E-state index contributed by atoms with van der Waals surface area (Å²) in [5, 5.41) is 7.94. The minimum Gasteiger partial charge on any atom is -0.350 e. The van der Waals surface area contributed by atoms with Gasteiger partial charge in [0.1, 0.15) is 0 Å². The first-order valence-corrected chi connectivity index (χ1v) is 6.84. The predicted molar refractivity (Wildman–Crippen MR) is 79.8 cm³/mol. The Hall–Kier alpha value is -1.91. The molecule has 0 aliphatic rings. The number of hydrogen-bond donors (Lipinski definition) is 1. The third-order valence-electron chi connectivity index (χ3n) is 3.14. The lowest BCUT2D eigenvalue weighted by Gasteiger charge is -2.19. The lowest BCUT2D eigenvalue weighted by atomic mass is 9.90. The summed E-state index contributed by atoms with van der Waals surface area (Å²) in [6, 6.07) is 1.97. The van der Waals surface area contributed by atoms with E-state index in [1.165, 1.54) is 0 Å². The molecule has 2 rings (SSSR count). The van der Waals surface area contributed by atoms with Crippen LogP contribution in [0.2, 0.25) is 0 Å². The van der Waals surface area contributed by atoms with Crippen molar-refractivity contribution in [2.45, 2.75) is 46.1 Å². The first-order chi connectivity index (χ1) is 9.20. The van der Waals surface area contributed by atoms with Gasteiger partial charge in [-0.25, -0.2) is 4.98 Å². The second-order valence-corrected chi connectivity index (χ2v) is 6.44. The Bertz CT molecular complexity index is 650. The first-order valence-electron chi connectivity index (χ1n) is 6.84. The van der Waals surface area contributed by atoms with E-state index in [4.69, 9.17) is 0 Å². The number of nitrogens with one attached hydrogen (secondary N) is 1. The van der Waals surface area contributed by atoms with Crippen LogP contribution in [0.1, 0.15) is 50.7 Å². The summed E-state index contributed by atoms with van der Waals surface area (Å²) in [7, 11) is 1.84. The van der Waals surface area contributed by atoms with Crippen molar-refractivity contribution in [2.75, 3.05) is 0 Å². The lowest BCUT2D eigenvalue weighted by molar-refractivity contribution is 0.0944. The average Bonchev–Trinajstić information content (AvgIpc) is 2.68. The van der Waals surface area contributed by atoms with E-state index in [0.717, 1.165) is 16.7 Å². The summed E-state index contributed by atoms with van der Waals surface area (Å²) in [4.78, 5) is 17.0. The van der Waals surface area contributed by atoms with E-state index < -0.39 is 0 Å². The summed E-state index contributed by atoms with van der Waals surface area (Å²) >= 11 is 0. The van der Waals surface area contributed by atoms with Gasteiger partial charge in [-0.1, -0.05) is 20.8 Å². The molecule has 0 aliphatic carbocycles. The van der Waals surface area contributed by atoms with Crippen molar-refractivity contribution >= 4 is 16.9 Å². The number of amides is 1. The third-order valence-corrected chi connectivity index (χ3v) is 3.14. The summed E-state index contributed by atoms with van der Waals surface area (Å²) in [5.74, 6) is -0.0779. The third kappa shape index (κ3) is 2.66. The Morgan fingerprint density at radius 2 is 2.00 bits per heavy atom. The highest BCUT2D eigenvalue weighted by Crippen LogP contribution is 2.26. The van der Waals surface area contributed by atoms with E-state index in [2.05, 4.69) is 36.2 Å². The molecule has 0 spiro atoms. The van der Waals surface area contributed by atoms with Crippen molar-refractivity contribution in [3.8, 4) is 0 Å². The topological polar surface area (TPSA) is 59.8 Å². The monoisotopic (exact) mass is 274 g/mol. The van der Waals surface area contributed by atoms with Gasteiger partial charge in [-0.05, 0) is 19.9 Å². The number of rotatable bonds is 2. The van der Waals surface area contributed by atoms with Crippen molar-refractivity contribution in [3.05, 3.63) is 23.5 Å². The zero-order valence-electron chi connectivity index (χ0n) is 13.0. The van der Waals surface area contributed by atoms with Crippen LogP contribution in [-0.2, 0) is 12.5 Å². The molecule has 1 N–H and O–H groups in total. The maximum atomic E-state index is 12.4. The van der Waals surface area contributed by atoms with Crippen LogP contribution in [0.3, 0.4) is 0 Å². The summed E-state index contributed by atoms with van der Waals surface area (Å²) in [6.07, 6.45) is 1.70. The molecule has 2 aromatic heterocycles. The number of carbonyl (C=O) groups excluding carboxylic acids is 1. The Morgan fingerprint density at radius 3 is 2.55 bits per heavy atom. The van der Waals surface area contributed by atoms with Gasteiger partial charge in [0.25, 0.3) is 5.91 Å². The number of aryl methyl sites for hydroxylation is 1. The molecule has 0 unspecified atom stereocenters. The van der Waals surface area contributed by atoms with Gasteiger partial charge in [0.15, 0.2) is 5.65 Å². The van der Waals surface area contributed by atoms with Crippen LogP contribution in [-0.4, -0.2) is 26.7 Å². The van der Waals surface area contributed by atoms with E-state index in [1.54, 1.807) is 10.9 Å². The van der Waals surface area contributed by atoms with Gasteiger partial charge in [0.05, 0.1) is 17.1 Å². The molecule has 0 saturated heterocycles. The molecule has 0 radical (unpaired) electrons. The van der Waals surface area contributed by atoms with Gasteiger partial charge in [0, 0.05) is 24.2 Å². The van der Waals surface area contributed by atoms with Crippen molar-refractivity contribution in [3.63, 3.8) is 0 Å². The molecule has 108 valence electrons. The van der Waals surface area contributed by atoms with Crippen LogP contribution in [0.5, 0.6) is 0 Å². The molecule has 5 heteroatoms. The Kier molecular flexibility index (Phi) is 3.54. The molecule has 0 aliphatic heterocycles. The fourth-order valence-corrected chi connectivity index (χ4v) is 2.03. The summed E-state index contributed by atoms with van der Waals surface area (Å²) in [6.45, 7) is 10.2. The molecule has 0 saturated carbocycles. The highest BCUT2D eigenvalue weighted by atomic mass is 16.1. The molecule has 0 fully saturated rings. The molecule has 0 aromatic carbocycles. The van der Waals surface area contributed by atoms with E-state index in [0.29, 0.717) is 5.56 Å². The quantitative estimate of drug-likeness (QED) is 0.914. The number of pyridine rings is 1. The predicted octanol–water partition coefficient (Wildman–Crippen LogP) is 2.40. The first kappa shape index (κ1) is 14.5. The van der Waals surface area contributed by atoms with Gasteiger partial charge in [-0.3, -0.25) is 9.48 Å². The van der Waals surface area contributed by atoms with E-state index in [9.17, 15) is 4.79 Å². The number of carbonyl (C=O) groups is 1. The fraction of sp³-hybridized carbons (Fsp3) is 0.533. The second-order valence-electron chi connectivity index (χ2n) is 6.44. The van der Waals surface area contributed by atoms with Gasteiger partial charge < -0.3 is 5.32 Å². The van der Waals surface area contributed by atoms with Crippen molar-refractivity contribution < 1.29 is 4.79 Å². The highest BCUT2D eigenvalue weighted by molar-refractivity contribution is 6.05. The van der Waals surface area contributed by atoms with E-state index in [1.807, 2.05) is 27.0 Å². The maximum absolute atomic E-state index is 12.4. The molecule has 1 amide bonds. The molecule has 0 bridgehead atoms. The van der Waals surface area contributed by atoms with Crippen molar-refractivity contribution in [1.82, 2.24) is 20.1 Å². The van der Waals surface area contributed by atoms with Crippen LogP contribution in [0.25, 0.3) is 11.0 Å². The molecule has 20 heavy (non-hydrogen) atoms. The molecule has 2 aromatic rings. The second kappa shape index (κ2) is 4.89. The fourth-order valence-electron chi connectivity index (χ4n) is 2.03. The maximum Gasteiger partial charge on any atom is 0.252 e. The largest absolute Gasteiger partial charge is 0.350 e. The zero-order chi connectivity index (χ0) is 15.1. The van der Waals surface area contributed by atoms with Gasteiger partial charge in [0.2, 0.25) is 0 Å². The number of aromatic nitrogens is 3. The molecule has 2 heterocycles. The van der Waals surface area contributed by atoms with Crippen LogP contribution in [0, 0.1) is 0 Å². The van der Waals surface area contributed by atoms with Crippen molar-refractivity contribution in [2.24, 2.45) is 7.05 Å². The van der Waals surface area contributed by atoms with Gasteiger partial charge in [-0.2, -0.15) is 5.10 Å². The molecular weight excluding hydrogens is 252 g/mol. The van der Waals surface area contributed by atoms with Crippen molar-refractivity contribution in [1.29, 1.82) is 0 Å². The number of hydrogen-bond acceptors (Lipinski definition) is 3. The van der Waals surface area contributed by atoms with Crippen LogP contribution in [0.4, 0.5) is 0 Å². The van der Waals surface area contributed by atoms with Gasteiger partial charge >= 0.3 is 0 Å². The van der Waals surface area contributed by atoms with Crippen LogP contribution in [0.15, 0.2) is 12.3 Å². The standard InChI is InChI=1S/C15H22N4O/c1-9(2)17-14(20)10-7-12(15(3,4)5)18-13-11(10)8-16-19(13)6/h7-9H,1-6H3,(H,17,20). The van der Waals surface area contributed by atoms with Crippen LogP contribution < -0.4 is 5.32 Å². The molecule has 0 atom stereocenters. The molecular formula is C15H22N4O. The Morgan fingerprint density at radius 1 is 1.35 bits per heavy atom. The normalized spacial score (nSPS) is 12.2. The summed E-state index contributed by atoms with van der Waals surface area (Å²) < 4.78 is 1.71.